The van der Waals surface area contributed by atoms with Crippen LogP contribution < -0.4 is 4.74 Å². The number of hydrogen-bond donors (Lipinski definition) is 2. The van der Waals surface area contributed by atoms with Gasteiger partial charge in [-0.3, -0.25) is 0 Å². The molecule has 0 atom stereocenters. The quantitative estimate of drug-likeness (QED) is 0.738. The molecular formula is C14H13N3O2. The number of H-pyrrole nitrogens is 1. The summed E-state index contributed by atoms with van der Waals surface area (Å²) in [5, 5.41) is 9.80. The number of benzene rings is 1. The highest BCUT2D eigenvalue weighted by molar-refractivity contribution is 5.79. The van der Waals surface area contributed by atoms with Crippen molar-refractivity contribution in [3.63, 3.8) is 0 Å². The van der Waals surface area contributed by atoms with E-state index in [1.54, 1.807) is 18.3 Å². The third kappa shape index (κ3) is 1.89. The minimum Gasteiger partial charge on any atom is -0.504 e. The lowest BCUT2D eigenvalue weighted by atomic mass is 10.2. The topological polar surface area (TPSA) is 71.0 Å². The van der Waals surface area contributed by atoms with Crippen molar-refractivity contribution in [3.8, 4) is 22.9 Å². The van der Waals surface area contributed by atoms with Gasteiger partial charge in [-0.05, 0) is 36.8 Å². The van der Waals surface area contributed by atoms with Gasteiger partial charge < -0.3 is 14.8 Å². The second-order valence-corrected chi connectivity index (χ2v) is 4.30. The molecule has 0 spiro atoms. The van der Waals surface area contributed by atoms with Crippen LogP contribution in [0.5, 0.6) is 11.5 Å². The van der Waals surface area contributed by atoms with Crippen LogP contribution in [0.3, 0.4) is 0 Å². The van der Waals surface area contributed by atoms with Crippen LogP contribution in [-0.2, 0) is 0 Å². The number of nitrogens with one attached hydrogen (secondary N) is 1. The SMILES string of the molecule is COc1ccc(-c2nc3nccc(C)c3[nH]2)cc1O. The lowest BCUT2D eigenvalue weighted by Gasteiger charge is -2.04. The van der Waals surface area contributed by atoms with E-state index in [0.717, 1.165) is 16.6 Å². The van der Waals surface area contributed by atoms with Crippen molar-refractivity contribution in [2.24, 2.45) is 0 Å². The van der Waals surface area contributed by atoms with E-state index in [0.29, 0.717) is 17.2 Å². The van der Waals surface area contributed by atoms with E-state index in [-0.39, 0.29) is 5.75 Å². The van der Waals surface area contributed by atoms with Crippen molar-refractivity contribution in [1.82, 2.24) is 15.0 Å². The molecule has 3 rings (SSSR count). The highest BCUT2D eigenvalue weighted by Crippen LogP contribution is 2.31. The van der Waals surface area contributed by atoms with Gasteiger partial charge in [0.15, 0.2) is 17.1 Å². The maximum absolute atomic E-state index is 9.80. The maximum Gasteiger partial charge on any atom is 0.178 e. The summed E-state index contributed by atoms with van der Waals surface area (Å²) in [5.74, 6) is 1.20. The van der Waals surface area contributed by atoms with Gasteiger partial charge in [-0.25, -0.2) is 9.97 Å². The molecule has 5 nitrogen and oxygen atoms in total. The summed E-state index contributed by atoms with van der Waals surface area (Å²) >= 11 is 0. The Morgan fingerprint density at radius 1 is 1.26 bits per heavy atom. The largest absolute Gasteiger partial charge is 0.504 e. The second-order valence-electron chi connectivity index (χ2n) is 4.30. The normalized spacial score (nSPS) is 10.8. The van der Waals surface area contributed by atoms with Crippen LogP contribution in [0.1, 0.15) is 5.56 Å². The van der Waals surface area contributed by atoms with Crippen molar-refractivity contribution in [2.45, 2.75) is 6.92 Å². The molecule has 0 aliphatic rings. The number of aromatic hydroxyl groups is 1. The van der Waals surface area contributed by atoms with Crippen LogP contribution in [0.25, 0.3) is 22.6 Å². The molecule has 2 aromatic heterocycles. The highest BCUT2D eigenvalue weighted by Gasteiger charge is 2.10. The van der Waals surface area contributed by atoms with E-state index in [1.807, 2.05) is 19.1 Å². The molecule has 0 saturated carbocycles. The van der Waals surface area contributed by atoms with Gasteiger partial charge in [-0.1, -0.05) is 0 Å². The highest BCUT2D eigenvalue weighted by atomic mass is 16.5. The number of phenolic OH excluding ortho intramolecular Hbond substituents is 1. The van der Waals surface area contributed by atoms with E-state index in [9.17, 15) is 5.11 Å². The minimum atomic E-state index is 0.0881. The first-order valence-corrected chi connectivity index (χ1v) is 5.88. The molecule has 96 valence electrons. The molecule has 0 aliphatic heterocycles. The fourth-order valence-corrected chi connectivity index (χ4v) is 2.01. The number of pyridine rings is 1. The van der Waals surface area contributed by atoms with E-state index < -0.39 is 0 Å². The van der Waals surface area contributed by atoms with E-state index >= 15 is 0 Å². The Labute approximate surface area is 109 Å². The molecule has 1 aromatic carbocycles. The Hall–Kier alpha value is -2.56. The first kappa shape index (κ1) is 11.5. The Morgan fingerprint density at radius 2 is 2.11 bits per heavy atom. The number of aromatic nitrogens is 3. The molecule has 0 amide bonds. The minimum absolute atomic E-state index is 0.0881. The zero-order valence-corrected chi connectivity index (χ0v) is 10.6. The zero-order valence-electron chi connectivity index (χ0n) is 10.6. The summed E-state index contributed by atoms with van der Waals surface area (Å²) < 4.78 is 5.02. The Kier molecular flexibility index (Phi) is 2.59. The molecule has 0 bridgehead atoms. The maximum atomic E-state index is 9.80. The molecule has 0 saturated heterocycles. The van der Waals surface area contributed by atoms with Gasteiger partial charge in [0.2, 0.25) is 0 Å². The van der Waals surface area contributed by atoms with Crippen molar-refractivity contribution in [2.75, 3.05) is 7.11 Å². The lowest BCUT2D eigenvalue weighted by molar-refractivity contribution is 0.373. The van der Waals surface area contributed by atoms with Crippen molar-refractivity contribution >= 4 is 11.2 Å². The number of aromatic amines is 1. The molecule has 0 unspecified atom stereocenters. The number of ether oxygens (including phenoxy) is 1. The summed E-state index contributed by atoms with van der Waals surface area (Å²) in [6.07, 6.45) is 1.73. The number of hydrogen-bond acceptors (Lipinski definition) is 4. The van der Waals surface area contributed by atoms with Gasteiger partial charge in [0.25, 0.3) is 0 Å². The van der Waals surface area contributed by atoms with Crippen molar-refractivity contribution in [1.29, 1.82) is 0 Å². The summed E-state index contributed by atoms with van der Waals surface area (Å²) in [5.41, 5.74) is 3.45. The van der Waals surface area contributed by atoms with Gasteiger partial charge in [0.1, 0.15) is 5.82 Å². The monoisotopic (exact) mass is 255 g/mol. The van der Waals surface area contributed by atoms with Crippen LogP contribution >= 0.6 is 0 Å². The average molecular weight is 255 g/mol. The molecule has 0 fully saturated rings. The van der Waals surface area contributed by atoms with E-state index in [4.69, 9.17) is 4.74 Å². The molecular weight excluding hydrogens is 242 g/mol. The van der Waals surface area contributed by atoms with Crippen molar-refractivity contribution in [3.05, 3.63) is 36.0 Å². The summed E-state index contributed by atoms with van der Waals surface area (Å²) in [6, 6.07) is 7.09. The van der Waals surface area contributed by atoms with Crippen LogP contribution in [0.4, 0.5) is 0 Å². The van der Waals surface area contributed by atoms with Crippen LogP contribution in [-0.4, -0.2) is 27.2 Å². The molecule has 0 aliphatic carbocycles. The molecule has 19 heavy (non-hydrogen) atoms. The molecule has 2 N–H and O–H groups in total. The summed E-state index contributed by atoms with van der Waals surface area (Å²) in [6.45, 7) is 2.00. The van der Waals surface area contributed by atoms with E-state index in [2.05, 4.69) is 15.0 Å². The smallest absolute Gasteiger partial charge is 0.178 e. The van der Waals surface area contributed by atoms with Gasteiger partial charge >= 0.3 is 0 Å². The molecule has 2 heterocycles. The number of phenols is 1. The van der Waals surface area contributed by atoms with E-state index in [1.165, 1.54) is 7.11 Å². The fraction of sp³-hybridized carbons (Fsp3) is 0.143. The molecule has 5 heteroatoms. The number of nitrogens with zero attached hydrogens (tertiary/aromatic N) is 2. The number of aryl methyl sites for hydroxylation is 1. The van der Waals surface area contributed by atoms with Crippen LogP contribution in [0.15, 0.2) is 30.5 Å². The van der Waals surface area contributed by atoms with Crippen LogP contribution in [0.2, 0.25) is 0 Å². The van der Waals surface area contributed by atoms with Gasteiger partial charge in [-0.15, -0.1) is 0 Å². The Balaban J connectivity index is 2.14. The average Bonchev–Trinajstić information content (AvgIpc) is 2.84. The third-order valence-electron chi connectivity index (χ3n) is 3.05. The number of imidazole rings is 1. The third-order valence-corrected chi connectivity index (χ3v) is 3.05. The predicted octanol–water partition coefficient (Wildman–Crippen LogP) is 2.65. The zero-order chi connectivity index (χ0) is 13.4. The standard InChI is InChI=1S/C14H13N3O2/c1-8-5-6-15-14-12(8)16-13(17-14)9-3-4-11(19-2)10(18)7-9/h3-7,18H,1-2H3,(H,15,16,17). The molecule has 0 radical (unpaired) electrons. The number of rotatable bonds is 2. The first-order valence-electron chi connectivity index (χ1n) is 5.88. The Bertz CT molecular complexity index is 750. The summed E-state index contributed by atoms with van der Waals surface area (Å²) in [4.78, 5) is 11.9. The van der Waals surface area contributed by atoms with Crippen LogP contribution in [0, 0.1) is 6.92 Å². The van der Waals surface area contributed by atoms with Gasteiger partial charge in [-0.2, -0.15) is 0 Å². The van der Waals surface area contributed by atoms with Gasteiger partial charge in [0, 0.05) is 11.8 Å². The second kappa shape index (κ2) is 4.28. The molecule has 3 aromatic rings. The summed E-state index contributed by atoms with van der Waals surface area (Å²) in [7, 11) is 1.52. The lowest BCUT2D eigenvalue weighted by Crippen LogP contribution is -1.85. The fourth-order valence-electron chi connectivity index (χ4n) is 2.01. The number of methoxy groups -OCH3 is 1. The van der Waals surface area contributed by atoms with Crippen molar-refractivity contribution < 1.29 is 9.84 Å². The number of fused-ring (bicyclic) bond motifs is 1. The predicted molar refractivity (Wildman–Crippen MR) is 72.3 cm³/mol. The van der Waals surface area contributed by atoms with Gasteiger partial charge in [0.05, 0.1) is 12.6 Å². The Morgan fingerprint density at radius 3 is 2.79 bits per heavy atom. The first-order chi connectivity index (χ1) is 9.19.